The minimum Gasteiger partial charge on any atom is -0.724 e. The number of carbonyl (C=O) groups excluding carboxylic acids is 1. The largest absolute Gasteiger partial charge is 0.724 e. The fraction of sp³-hybridized carbons (Fsp3) is 0.923. The molecule has 0 aromatic carbocycles. The summed E-state index contributed by atoms with van der Waals surface area (Å²) in [6, 6.07) is 0. The summed E-state index contributed by atoms with van der Waals surface area (Å²) in [4.78, 5) is 8.24. The van der Waals surface area contributed by atoms with E-state index in [0.717, 1.165) is 11.2 Å². The van der Waals surface area contributed by atoms with Gasteiger partial charge in [-0.1, -0.05) is 0 Å². The maximum Gasteiger partial charge on any atom is 0.183 e. The van der Waals surface area contributed by atoms with Gasteiger partial charge in [-0.15, -0.1) is 0 Å². The van der Waals surface area contributed by atoms with Gasteiger partial charge in [0.05, 0.1) is 24.7 Å². The SMILES string of the molecule is CC(C)OC[N+]1(C(C)(C)C)CCCC1.[N-]=C=O. The van der Waals surface area contributed by atoms with Gasteiger partial charge in [-0.2, -0.15) is 0 Å². The minimum absolute atomic E-state index is 0.325. The van der Waals surface area contributed by atoms with Crippen molar-refractivity contribution >= 4 is 6.08 Å². The highest BCUT2D eigenvalue weighted by atomic mass is 16.5. The maximum atomic E-state index is 8.24. The van der Waals surface area contributed by atoms with Crippen molar-refractivity contribution < 1.29 is 14.0 Å². The van der Waals surface area contributed by atoms with Crippen molar-refractivity contribution in [2.24, 2.45) is 0 Å². The second kappa shape index (κ2) is 6.90. The molecule has 0 N–H and O–H groups in total. The van der Waals surface area contributed by atoms with Gasteiger partial charge >= 0.3 is 0 Å². The summed E-state index contributed by atoms with van der Waals surface area (Å²) in [5, 5.41) is 6.76. The standard InChI is InChI=1S/C12H26NO.CNO/c1-11(2)14-10-13(12(3,4)5)8-6-7-9-13;2-1-3/h11H,6-10H2,1-5H3;/q+1;-1. The van der Waals surface area contributed by atoms with Crippen molar-refractivity contribution in [3.05, 3.63) is 5.41 Å². The first-order chi connectivity index (χ1) is 7.79. The van der Waals surface area contributed by atoms with Gasteiger partial charge in [0, 0.05) is 12.8 Å². The molecule has 0 aliphatic carbocycles. The topological polar surface area (TPSA) is 48.6 Å². The van der Waals surface area contributed by atoms with Gasteiger partial charge in [-0.3, -0.25) is 9.28 Å². The van der Waals surface area contributed by atoms with Crippen LogP contribution in [0.3, 0.4) is 0 Å². The number of rotatable bonds is 3. The predicted octanol–water partition coefficient (Wildman–Crippen LogP) is 2.67. The Labute approximate surface area is 105 Å². The molecule has 0 unspecified atom stereocenters. The van der Waals surface area contributed by atoms with Gasteiger partial charge in [0.25, 0.3) is 0 Å². The summed E-state index contributed by atoms with van der Waals surface area (Å²) in [6.07, 6.45) is 3.57. The molecule has 0 aromatic heterocycles. The van der Waals surface area contributed by atoms with Crippen molar-refractivity contribution in [3.8, 4) is 0 Å². The van der Waals surface area contributed by atoms with Crippen LogP contribution in [0, 0.1) is 0 Å². The Bertz CT molecular complexity index is 245. The quantitative estimate of drug-likeness (QED) is 0.434. The lowest BCUT2D eigenvalue weighted by Gasteiger charge is -2.45. The molecule has 1 aliphatic heterocycles. The number of likely N-dealkylation sites (tertiary alicyclic amines) is 1. The number of ether oxygens (including phenoxy) is 1. The van der Waals surface area contributed by atoms with Crippen LogP contribution in [0.5, 0.6) is 0 Å². The van der Waals surface area contributed by atoms with E-state index >= 15 is 0 Å². The molecule has 1 rings (SSSR count). The van der Waals surface area contributed by atoms with E-state index in [1.807, 2.05) is 0 Å². The number of nitrogens with zero attached hydrogens (tertiary/aromatic N) is 2. The molecule has 0 atom stereocenters. The Morgan fingerprint density at radius 1 is 1.29 bits per heavy atom. The Balaban J connectivity index is 0.000000770. The Morgan fingerprint density at radius 3 is 2.00 bits per heavy atom. The van der Waals surface area contributed by atoms with Crippen LogP contribution in [0.1, 0.15) is 47.5 Å². The zero-order valence-electron chi connectivity index (χ0n) is 11.8. The molecule has 0 radical (unpaired) electrons. The Hall–Kier alpha value is -0.700. The summed E-state index contributed by atoms with van der Waals surface area (Å²) in [7, 11) is 0. The van der Waals surface area contributed by atoms with E-state index in [1.54, 1.807) is 0 Å². The zero-order chi connectivity index (χ0) is 13.5. The molecule has 1 heterocycles. The fourth-order valence-corrected chi connectivity index (χ4v) is 2.23. The van der Waals surface area contributed by atoms with E-state index in [9.17, 15) is 0 Å². The first-order valence-corrected chi connectivity index (χ1v) is 6.28. The fourth-order valence-electron chi connectivity index (χ4n) is 2.23. The van der Waals surface area contributed by atoms with E-state index in [0.29, 0.717) is 17.7 Å². The van der Waals surface area contributed by atoms with E-state index < -0.39 is 0 Å². The molecule has 0 spiro atoms. The predicted molar refractivity (Wildman–Crippen MR) is 69.1 cm³/mol. The van der Waals surface area contributed by atoms with Crippen LogP contribution < -0.4 is 0 Å². The van der Waals surface area contributed by atoms with Gasteiger partial charge in [-0.25, -0.2) is 0 Å². The van der Waals surface area contributed by atoms with Gasteiger partial charge in [-0.05, 0) is 40.7 Å². The molecule has 0 bridgehead atoms. The summed E-state index contributed by atoms with van der Waals surface area (Å²) in [5.41, 5.74) is 0.325. The van der Waals surface area contributed by atoms with Crippen LogP contribution >= 0.6 is 0 Å². The molecule has 0 amide bonds. The van der Waals surface area contributed by atoms with Crippen LogP contribution in [0.2, 0.25) is 0 Å². The van der Waals surface area contributed by atoms with Crippen LogP contribution in [-0.2, 0) is 9.53 Å². The molecule has 1 saturated heterocycles. The van der Waals surface area contributed by atoms with Gasteiger partial charge in [0.15, 0.2) is 6.73 Å². The van der Waals surface area contributed by atoms with Crippen LogP contribution in [0.4, 0.5) is 0 Å². The van der Waals surface area contributed by atoms with Crippen LogP contribution in [0.25, 0.3) is 5.41 Å². The molecule has 4 heteroatoms. The van der Waals surface area contributed by atoms with Crippen LogP contribution in [0.15, 0.2) is 0 Å². The monoisotopic (exact) mass is 242 g/mol. The lowest BCUT2D eigenvalue weighted by Crippen LogP contribution is -2.59. The van der Waals surface area contributed by atoms with Crippen molar-refractivity contribution in [2.75, 3.05) is 19.8 Å². The summed E-state index contributed by atoms with van der Waals surface area (Å²) >= 11 is 0. The highest BCUT2D eigenvalue weighted by molar-refractivity contribution is 5.36. The molecule has 1 aliphatic rings. The number of hydrogen-bond donors (Lipinski definition) is 0. The third kappa shape index (κ3) is 4.99. The highest BCUT2D eigenvalue weighted by Gasteiger charge is 2.42. The van der Waals surface area contributed by atoms with Crippen LogP contribution in [-0.4, -0.2) is 42.0 Å². The van der Waals surface area contributed by atoms with E-state index in [-0.39, 0.29) is 0 Å². The molecule has 17 heavy (non-hydrogen) atoms. The number of isocyanates is 1. The zero-order valence-corrected chi connectivity index (χ0v) is 11.8. The first-order valence-electron chi connectivity index (χ1n) is 6.28. The number of hydrogen-bond acceptors (Lipinski definition) is 2. The Kier molecular flexibility index (Phi) is 6.61. The van der Waals surface area contributed by atoms with Gasteiger partial charge in [0.2, 0.25) is 0 Å². The van der Waals surface area contributed by atoms with E-state index in [1.165, 1.54) is 25.9 Å². The summed E-state index contributed by atoms with van der Waals surface area (Å²) in [5.74, 6) is 0. The lowest BCUT2D eigenvalue weighted by molar-refractivity contribution is -0.977. The average molecular weight is 242 g/mol. The molecule has 0 aromatic rings. The van der Waals surface area contributed by atoms with E-state index in [4.69, 9.17) is 14.9 Å². The van der Waals surface area contributed by atoms with Crippen molar-refractivity contribution in [3.63, 3.8) is 0 Å². The average Bonchev–Trinajstić information content (AvgIpc) is 2.64. The van der Waals surface area contributed by atoms with Crippen molar-refractivity contribution in [2.45, 2.75) is 59.1 Å². The normalized spacial score (nSPS) is 18.5. The summed E-state index contributed by atoms with van der Waals surface area (Å²) in [6.45, 7) is 14.7. The lowest BCUT2D eigenvalue weighted by atomic mass is 10.0. The Morgan fingerprint density at radius 2 is 1.71 bits per heavy atom. The second-order valence-electron chi connectivity index (χ2n) is 5.91. The van der Waals surface area contributed by atoms with Crippen molar-refractivity contribution in [1.82, 2.24) is 0 Å². The minimum atomic E-state index is 0.325. The highest BCUT2D eigenvalue weighted by Crippen LogP contribution is 2.31. The third-order valence-corrected chi connectivity index (χ3v) is 3.50. The molecule has 1 fully saturated rings. The molecular weight excluding hydrogens is 216 g/mol. The third-order valence-electron chi connectivity index (χ3n) is 3.50. The van der Waals surface area contributed by atoms with E-state index in [2.05, 4.69) is 34.6 Å². The van der Waals surface area contributed by atoms with Gasteiger partial charge < -0.3 is 10.1 Å². The summed E-state index contributed by atoms with van der Waals surface area (Å²) < 4.78 is 6.97. The number of quaternary nitrogens is 1. The molecular formula is C13H26N2O2. The molecule has 0 saturated carbocycles. The first kappa shape index (κ1) is 16.3. The molecule has 4 nitrogen and oxygen atoms in total. The van der Waals surface area contributed by atoms with Gasteiger partial charge in [0.1, 0.15) is 0 Å². The second-order valence-corrected chi connectivity index (χ2v) is 5.91. The smallest absolute Gasteiger partial charge is 0.183 e. The molecule has 100 valence electrons. The van der Waals surface area contributed by atoms with Crippen molar-refractivity contribution in [1.29, 1.82) is 0 Å². The maximum absolute atomic E-state index is 8.24.